The summed E-state index contributed by atoms with van der Waals surface area (Å²) in [4.78, 5) is 61.8. The van der Waals surface area contributed by atoms with Gasteiger partial charge in [0.1, 0.15) is 6.10 Å². The summed E-state index contributed by atoms with van der Waals surface area (Å²) >= 11 is 0. The van der Waals surface area contributed by atoms with E-state index in [1.807, 2.05) is 6.08 Å². The maximum atomic E-state index is 17.4. The molecule has 0 amide bonds. The van der Waals surface area contributed by atoms with Gasteiger partial charge in [0.25, 0.3) is 0 Å². The number of carbonyl (C=O) groups excluding carboxylic acids is 5. The van der Waals surface area contributed by atoms with Gasteiger partial charge in [-0.05, 0) is 38.2 Å². The van der Waals surface area contributed by atoms with Crippen molar-refractivity contribution in [2.75, 3.05) is 6.61 Å². The van der Waals surface area contributed by atoms with Crippen LogP contribution in [0.2, 0.25) is 0 Å². The Bertz CT molecular complexity index is 1130. The fraction of sp³-hybridized carbons (Fsp3) is 0.667. The minimum Gasteiger partial charge on any atom is -0.458 e. The minimum atomic E-state index is -2.20. The highest BCUT2D eigenvalue weighted by molar-refractivity contribution is 5.95. The van der Waals surface area contributed by atoms with Crippen LogP contribution in [0.1, 0.15) is 60.3 Å². The number of hydrogen-bond acceptors (Lipinski definition) is 9. The normalized spacial score (nSPS) is 42.0. The monoisotopic (exact) mass is 520 g/mol. The molecule has 0 aromatic heterocycles. The third-order valence-electron chi connectivity index (χ3n) is 9.20. The number of rotatable bonds is 5. The van der Waals surface area contributed by atoms with Gasteiger partial charge in [0, 0.05) is 43.9 Å². The van der Waals surface area contributed by atoms with Gasteiger partial charge in [0.05, 0.1) is 6.10 Å². The number of carbonyl (C=O) groups is 5. The largest absolute Gasteiger partial charge is 0.458 e. The molecule has 0 heterocycles. The van der Waals surface area contributed by atoms with Gasteiger partial charge in [-0.2, -0.15) is 0 Å². The molecule has 0 aromatic carbocycles. The summed E-state index contributed by atoms with van der Waals surface area (Å²) in [6.07, 6.45) is 1.66. The van der Waals surface area contributed by atoms with Crippen molar-refractivity contribution in [3.63, 3.8) is 0 Å². The van der Waals surface area contributed by atoms with Crippen LogP contribution in [0.3, 0.4) is 0 Å². The van der Waals surface area contributed by atoms with Crippen LogP contribution < -0.4 is 0 Å². The van der Waals surface area contributed by atoms with Crippen molar-refractivity contribution >= 4 is 29.5 Å². The predicted octanol–water partition coefficient (Wildman–Crippen LogP) is 2.33. The van der Waals surface area contributed by atoms with E-state index in [4.69, 9.17) is 14.2 Å². The van der Waals surface area contributed by atoms with Crippen molar-refractivity contribution < 1.29 is 47.7 Å². The van der Waals surface area contributed by atoms with E-state index >= 15 is 4.39 Å². The summed E-state index contributed by atoms with van der Waals surface area (Å²) in [7, 11) is 0. The molecule has 4 aliphatic rings. The molecule has 9 nitrogen and oxygen atoms in total. The predicted molar refractivity (Wildman–Crippen MR) is 125 cm³/mol. The number of halogens is 1. The Labute approximate surface area is 214 Å². The van der Waals surface area contributed by atoms with Crippen molar-refractivity contribution in [2.24, 2.45) is 22.7 Å². The van der Waals surface area contributed by atoms with E-state index in [9.17, 15) is 29.1 Å². The lowest BCUT2D eigenvalue weighted by atomic mass is 9.45. The molecule has 10 heteroatoms. The lowest BCUT2D eigenvalue weighted by Gasteiger charge is -2.61. The molecule has 2 saturated carbocycles. The summed E-state index contributed by atoms with van der Waals surface area (Å²) in [5, 5.41) is 11.5. The third kappa shape index (κ3) is 3.70. The van der Waals surface area contributed by atoms with E-state index in [1.54, 1.807) is 13.8 Å². The molecule has 37 heavy (non-hydrogen) atoms. The van der Waals surface area contributed by atoms with E-state index < -0.39 is 76.4 Å². The van der Waals surface area contributed by atoms with Gasteiger partial charge in [0.15, 0.2) is 18.1 Å². The zero-order valence-corrected chi connectivity index (χ0v) is 21.7. The molecule has 8 atom stereocenters. The molecule has 8 unspecified atom stereocenters. The van der Waals surface area contributed by atoms with Gasteiger partial charge in [0.2, 0.25) is 11.4 Å². The highest BCUT2D eigenvalue weighted by Crippen LogP contribution is 2.70. The van der Waals surface area contributed by atoms with Crippen LogP contribution in [0, 0.1) is 22.7 Å². The van der Waals surface area contributed by atoms with E-state index in [-0.39, 0.29) is 31.5 Å². The number of hydrogen-bond donors (Lipinski definition) is 1. The fourth-order valence-corrected chi connectivity index (χ4v) is 7.66. The minimum absolute atomic E-state index is 0.0138. The first kappa shape index (κ1) is 27.2. The van der Waals surface area contributed by atoms with Gasteiger partial charge >= 0.3 is 17.9 Å². The number of esters is 3. The van der Waals surface area contributed by atoms with Crippen LogP contribution in [0.25, 0.3) is 0 Å². The Morgan fingerprint density at radius 3 is 2.35 bits per heavy atom. The van der Waals surface area contributed by atoms with Crippen LogP contribution in [-0.4, -0.2) is 64.7 Å². The quantitative estimate of drug-likeness (QED) is 0.329. The van der Waals surface area contributed by atoms with Crippen molar-refractivity contribution in [2.45, 2.75) is 83.8 Å². The molecule has 0 spiro atoms. The first-order valence-electron chi connectivity index (χ1n) is 12.5. The summed E-state index contributed by atoms with van der Waals surface area (Å²) in [6, 6.07) is 0. The number of ether oxygens (including phenoxy) is 3. The van der Waals surface area contributed by atoms with E-state index in [2.05, 4.69) is 0 Å². The Morgan fingerprint density at radius 1 is 1.08 bits per heavy atom. The number of fused-ring (bicyclic) bond motifs is 5. The molecular formula is C27H33FO9. The maximum Gasteiger partial charge on any atom is 0.303 e. The average Bonchev–Trinajstić information content (AvgIpc) is 3.01. The van der Waals surface area contributed by atoms with Crippen molar-refractivity contribution in [3.8, 4) is 0 Å². The first-order valence-corrected chi connectivity index (χ1v) is 12.5. The van der Waals surface area contributed by atoms with Crippen LogP contribution in [0.4, 0.5) is 4.39 Å². The molecule has 2 fully saturated rings. The van der Waals surface area contributed by atoms with Crippen LogP contribution in [-0.2, 0) is 38.2 Å². The van der Waals surface area contributed by atoms with Crippen molar-refractivity contribution in [3.05, 3.63) is 23.8 Å². The third-order valence-corrected chi connectivity index (χ3v) is 9.20. The average molecular weight is 521 g/mol. The number of alkyl halides is 1. The number of aliphatic hydroxyl groups is 1. The zero-order chi connectivity index (χ0) is 27.6. The summed E-state index contributed by atoms with van der Waals surface area (Å²) in [5.41, 5.74) is -6.37. The lowest BCUT2D eigenvalue weighted by molar-refractivity contribution is -0.230. The number of ketones is 2. The second-order valence-corrected chi connectivity index (χ2v) is 11.1. The highest BCUT2D eigenvalue weighted by atomic mass is 19.1. The number of Topliss-reactive ketones (excluding diaryl/α,β-unsaturated/α-hetero) is 1. The standard InChI is InChI=1S/C27H33FO9/c1-14(29)35-13-22(34)27(37-16(3)31)23(36-15(2)30)11-20-19-7-6-17-10-18(32)8-9-24(17,4)26(19,28)21(33)12-25(20,27)5/h6,8-9,19-21,23,33H,7,10-13H2,1-5H3. The topological polar surface area (TPSA) is 133 Å². The van der Waals surface area contributed by atoms with Crippen molar-refractivity contribution in [1.29, 1.82) is 0 Å². The number of aliphatic hydroxyl groups excluding tert-OH is 1. The van der Waals surface area contributed by atoms with Crippen molar-refractivity contribution in [1.82, 2.24) is 0 Å². The molecule has 4 aliphatic carbocycles. The fourth-order valence-electron chi connectivity index (χ4n) is 7.66. The molecular weight excluding hydrogens is 487 g/mol. The maximum absolute atomic E-state index is 17.4. The Balaban J connectivity index is 1.89. The Hall–Kier alpha value is -2.88. The van der Waals surface area contributed by atoms with E-state index in [0.29, 0.717) is 5.57 Å². The molecule has 1 N–H and O–H groups in total. The highest BCUT2D eigenvalue weighted by Gasteiger charge is 2.78. The first-order chi connectivity index (χ1) is 17.1. The van der Waals surface area contributed by atoms with Gasteiger partial charge in [-0.1, -0.05) is 24.6 Å². The smallest absolute Gasteiger partial charge is 0.303 e. The molecule has 0 saturated heterocycles. The summed E-state index contributed by atoms with van der Waals surface area (Å²) in [5.74, 6) is -4.80. The van der Waals surface area contributed by atoms with Gasteiger partial charge < -0.3 is 19.3 Å². The summed E-state index contributed by atoms with van der Waals surface area (Å²) < 4.78 is 33.6. The van der Waals surface area contributed by atoms with Crippen LogP contribution in [0.15, 0.2) is 23.8 Å². The molecule has 0 radical (unpaired) electrons. The second kappa shape index (κ2) is 8.85. The van der Waals surface area contributed by atoms with Gasteiger partial charge in [-0.3, -0.25) is 24.0 Å². The molecule has 202 valence electrons. The van der Waals surface area contributed by atoms with E-state index in [1.165, 1.54) is 12.2 Å². The van der Waals surface area contributed by atoms with Crippen LogP contribution in [0.5, 0.6) is 0 Å². The molecule has 0 bridgehead atoms. The molecule has 0 aliphatic heterocycles. The van der Waals surface area contributed by atoms with Gasteiger partial charge in [-0.15, -0.1) is 0 Å². The Kier molecular flexibility index (Phi) is 6.50. The Morgan fingerprint density at radius 2 is 1.76 bits per heavy atom. The van der Waals surface area contributed by atoms with Crippen LogP contribution >= 0.6 is 0 Å². The number of allylic oxidation sites excluding steroid dienone is 4. The molecule has 0 aromatic rings. The second-order valence-electron chi connectivity index (χ2n) is 11.1. The van der Waals surface area contributed by atoms with E-state index in [0.717, 1.165) is 20.8 Å². The zero-order valence-electron chi connectivity index (χ0n) is 21.7. The molecule has 4 rings (SSSR count). The summed E-state index contributed by atoms with van der Waals surface area (Å²) in [6.45, 7) is 5.89. The lowest BCUT2D eigenvalue weighted by Crippen LogP contribution is -2.70. The van der Waals surface area contributed by atoms with Gasteiger partial charge in [-0.25, -0.2) is 4.39 Å². The SMILES string of the molecule is CC(=O)OCC(=O)C1(OC(C)=O)C(OC(C)=O)CC2C3CC=C4CC(=O)C=CC4(C)C3(F)C(O)CC21C.